The van der Waals surface area contributed by atoms with Crippen LogP contribution >= 0.6 is 0 Å². The number of nitrogens with zero attached hydrogens (tertiary/aromatic N) is 7. The quantitative estimate of drug-likeness (QED) is 0.142. The van der Waals surface area contributed by atoms with E-state index in [1.165, 1.54) is 213 Å². The van der Waals surface area contributed by atoms with Crippen molar-refractivity contribution in [3.8, 4) is 78.8 Å². The Balaban J connectivity index is 0.000000177. The van der Waals surface area contributed by atoms with Crippen molar-refractivity contribution in [2.75, 3.05) is 0 Å². The van der Waals surface area contributed by atoms with Crippen molar-refractivity contribution >= 4 is 0 Å². The highest BCUT2D eigenvalue weighted by Gasteiger charge is 2.25. The summed E-state index contributed by atoms with van der Waals surface area (Å²) in [5, 5.41) is 0. The summed E-state index contributed by atoms with van der Waals surface area (Å²) in [6, 6.07) is 75.8. The van der Waals surface area contributed by atoms with Crippen LogP contribution in [-0.2, 0) is 49.3 Å². The molecule has 0 unspecified atom stereocenters. The Morgan fingerprint density at radius 2 is 0.445 bits per heavy atom. The highest BCUT2D eigenvalue weighted by atomic mass is 15.0. The van der Waals surface area contributed by atoms with Gasteiger partial charge in [0.05, 0.1) is 11.1 Å². The summed E-state index contributed by atoms with van der Waals surface area (Å²) in [5.41, 5.74) is 53.4. The molecule has 14 aromatic rings. The average molecular weight is 1590 g/mol. The van der Waals surface area contributed by atoms with Crippen LogP contribution in [0, 0.1) is 194 Å². The summed E-state index contributed by atoms with van der Waals surface area (Å²) in [6.07, 6.45) is 0. The van der Waals surface area contributed by atoms with E-state index in [9.17, 15) is 0 Å². The van der Waals surface area contributed by atoms with Crippen molar-refractivity contribution in [1.29, 1.82) is 0 Å². The molecule has 119 heavy (non-hydrogen) atoms. The summed E-state index contributed by atoms with van der Waals surface area (Å²) in [4.78, 5) is 0. The van der Waals surface area contributed by atoms with Crippen molar-refractivity contribution in [3.05, 3.63) is 369 Å². The maximum absolute atomic E-state index is 7.68. The average Bonchev–Trinajstić information content (AvgIpc) is 0.788. The maximum Gasteiger partial charge on any atom is 0.215 e. The minimum Gasteiger partial charge on any atom is -0.199 e. The van der Waals surface area contributed by atoms with Gasteiger partial charge in [0, 0.05) is 163 Å². The molecule has 0 bridgehead atoms. The van der Waals surface area contributed by atoms with Crippen molar-refractivity contribution in [2.24, 2.45) is 49.3 Å². The minimum atomic E-state index is -2.10. The molecule has 7 aromatic carbocycles. The fourth-order valence-electron chi connectivity index (χ4n) is 16.1. The van der Waals surface area contributed by atoms with Gasteiger partial charge in [0.15, 0.2) is 39.9 Å². The van der Waals surface area contributed by atoms with Gasteiger partial charge in [0.1, 0.15) is 49.3 Å². The summed E-state index contributed by atoms with van der Waals surface area (Å²) >= 11 is 0. The molecule has 7 heterocycles. The third-order valence-electron chi connectivity index (χ3n) is 24.2. The van der Waals surface area contributed by atoms with Crippen LogP contribution < -0.4 is 32.0 Å². The van der Waals surface area contributed by atoms with Gasteiger partial charge in [-0.05, 0) is 278 Å². The molecule has 0 amide bonds. The number of aryl methyl sites for hydroxylation is 26. The Kier molecular flexibility index (Phi) is 30.3. The van der Waals surface area contributed by atoms with E-state index in [1.54, 1.807) is 10.6 Å². The van der Waals surface area contributed by atoms with E-state index in [2.05, 4.69) is 438 Å². The fourth-order valence-corrected chi connectivity index (χ4v) is 16.1. The van der Waals surface area contributed by atoms with Gasteiger partial charge in [-0.2, -0.15) is 32.0 Å². The molecular weight excluding hydrogens is 1440 g/mol. The standard InChI is InChI=1S/7C16H20N/c1-11-6-7-15(13(3)8-11)16-10-12(2)9-14(4)17(16)5;2*1-11-6-7-12(2)15(10-11)16-13(3)8-9-14(4)17(16)5;2*1-11-9-13(3)17(5)16(10-11)15-8-6-7-12(2)14(15)4;2*1-11-7-6-8-12(2)15(11)16-13(3)9-10-14(4)17(16)5/h7*6-10H,1-5H3/q7*+1/i;;;3D3;;;. The van der Waals surface area contributed by atoms with Gasteiger partial charge < -0.3 is 0 Å². The minimum absolute atomic E-state index is 0.369. The van der Waals surface area contributed by atoms with Crippen molar-refractivity contribution < 1.29 is 36.1 Å². The first-order valence-corrected chi connectivity index (χ1v) is 42.1. The molecule has 0 aliphatic heterocycles. The Morgan fingerprint density at radius 1 is 0.176 bits per heavy atom. The molecule has 0 radical (unpaired) electrons. The van der Waals surface area contributed by atoms with E-state index in [-0.39, 0.29) is 0 Å². The first kappa shape index (κ1) is 88.4. The van der Waals surface area contributed by atoms with Crippen LogP contribution in [-0.4, -0.2) is 0 Å². The second-order valence-electron chi connectivity index (χ2n) is 33.8. The van der Waals surface area contributed by atoms with Crippen LogP contribution in [0.1, 0.15) is 161 Å². The van der Waals surface area contributed by atoms with E-state index >= 15 is 0 Å². The molecule has 14 rings (SSSR count). The lowest BCUT2D eigenvalue weighted by molar-refractivity contribution is -0.667. The van der Waals surface area contributed by atoms with Gasteiger partial charge in [0.25, 0.3) is 0 Å². The number of rotatable bonds is 7. The molecule has 7 aromatic heterocycles. The first-order chi connectivity index (χ1) is 57.2. The predicted octanol–water partition coefficient (Wildman–Crippen LogP) is 23.9. The molecule has 7 nitrogen and oxygen atoms in total. The first-order valence-electron chi connectivity index (χ1n) is 43.6. The van der Waals surface area contributed by atoms with Gasteiger partial charge in [0.2, 0.25) is 39.9 Å². The summed E-state index contributed by atoms with van der Waals surface area (Å²) in [7, 11) is 14.6. The molecule has 7 heteroatoms. The topological polar surface area (TPSA) is 27.2 Å². The van der Waals surface area contributed by atoms with Crippen molar-refractivity contribution in [3.63, 3.8) is 0 Å². The van der Waals surface area contributed by atoms with E-state index in [0.717, 1.165) is 16.8 Å². The highest BCUT2D eigenvalue weighted by molar-refractivity contribution is 5.71. The van der Waals surface area contributed by atoms with Crippen LogP contribution in [0.4, 0.5) is 0 Å². The van der Waals surface area contributed by atoms with Gasteiger partial charge in [-0.3, -0.25) is 0 Å². The summed E-state index contributed by atoms with van der Waals surface area (Å²) < 4.78 is 38.4. The van der Waals surface area contributed by atoms with Crippen molar-refractivity contribution in [2.45, 2.75) is 194 Å². The molecule has 0 spiro atoms. The molecule has 0 atom stereocenters. The molecule has 0 fully saturated rings. The Morgan fingerprint density at radius 3 is 0.782 bits per heavy atom. The van der Waals surface area contributed by atoms with E-state index in [1.807, 2.05) is 32.2 Å². The molecule has 616 valence electrons. The molecule has 0 aliphatic carbocycles. The van der Waals surface area contributed by atoms with E-state index in [0.29, 0.717) is 5.69 Å². The van der Waals surface area contributed by atoms with Gasteiger partial charge >= 0.3 is 0 Å². The zero-order valence-corrected chi connectivity index (χ0v) is 78.8. The lowest BCUT2D eigenvalue weighted by atomic mass is 9.96. The van der Waals surface area contributed by atoms with Gasteiger partial charge in [-0.15, -0.1) is 0 Å². The lowest BCUT2D eigenvalue weighted by Crippen LogP contribution is -2.35. The van der Waals surface area contributed by atoms with E-state index < -0.39 is 6.85 Å². The lowest BCUT2D eigenvalue weighted by Gasteiger charge is -2.11. The number of aromatic nitrogens is 7. The Hall–Kier alpha value is -11.4. The molecule has 0 aliphatic rings. The van der Waals surface area contributed by atoms with Gasteiger partial charge in [-0.1, -0.05) is 114 Å². The number of benzene rings is 7. The monoisotopic (exact) mass is 1590 g/mol. The third-order valence-corrected chi connectivity index (χ3v) is 24.2. The number of hydrogen-bond acceptors (Lipinski definition) is 0. The smallest absolute Gasteiger partial charge is 0.199 e. The molecule has 0 saturated heterocycles. The Bertz CT molecular complexity index is 5920. The predicted molar refractivity (Wildman–Crippen MR) is 504 cm³/mol. The van der Waals surface area contributed by atoms with Crippen LogP contribution in [0.3, 0.4) is 0 Å². The second kappa shape index (κ2) is 40.8. The highest BCUT2D eigenvalue weighted by Crippen LogP contribution is 2.32. The molecule has 0 N–H and O–H groups in total. The van der Waals surface area contributed by atoms with Crippen LogP contribution in [0.5, 0.6) is 0 Å². The second-order valence-corrected chi connectivity index (χ2v) is 33.8. The van der Waals surface area contributed by atoms with Gasteiger partial charge in [-0.25, -0.2) is 0 Å². The SMILES string of the molecule is Cc1cc(C)[n+](C)c(-c2cccc(C)c2C)c1.Cc1ccc(-c2cc(C)cc(C)[n+]2C)c(C)c1.Cc1ccc(C)c(-c2c(C)ccc(C)[n+]2C)c1.Cc1ccc(C)c(-c2c(C)ccc(C)[n+]2C)c1.Cc1cccc(C)c1-c1c(C)ccc(C)[n+]1C.Cc1cccc(C)c1-c1c(C)ccc(C)[n+]1C.[2H]C([2H])([2H])c1cc(C)cc(-c2cccc(C)c2C)[n+]1C. The molecule has 0 saturated carbocycles. The molecular formula is C112H140N7+7. The van der Waals surface area contributed by atoms with Crippen LogP contribution in [0.2, 0.25) is 0 Å². The number of hydrogen-bond donors (Lipinski definition) is 0. The van der Waals surface area contributed by atoms with Crippen molar-refractivity contribution in [1.82, 2.24) is 0 Å². The third kappa shape index (κ3) is 22.5. The number of pyridine rings is 7. The summed E-state index contributed by atoms with van der Waals surface area (Å²) in [6.45, 7) is 56.0. The normalized spacial score (nSPS) is 11.1. The largest absolute Gasteiger partial charge is 0.215 e. The zero-order valence-electron chi connectivity index (χ0n) is 81.8. The van der Waals surface area contributed by atoms with E-state index in [4.69, 9.17) is 4.11 Å². The fraction of sp³-hybridized carbons (Fsp3) is 0.312. The zero-order chi connectivity index (χ0) is 90.5. The maximum atomic E-state index is 7.68. The Labute approximate surface area is 722 Å². The van der Waals surface area contributed by atoms with Crippen LogP contribution in [0.25, 0.3) is 78.8 Å². The summed E-state index contributed by atoms with van der Waals surface area (Å²) in [5.74, 6) is 0. The van der Waals surface area contributed by atoms with Crippen LogP contribution in [0.15, 0.2) is 212 Å².